The van der Waals surface area contributed by atoms with E-state index < -0.39 is 11.7 Å². The van der Waals surface area contributed by atoms with Crippen LogP contribution >= 0.6 is 0 Å². The second-order valence-electron chi connectivity index (χ2n) is 8.21. The van der Waals surface area contributed by atoms with Crippen LogP contribution in [0.2, 0.25) is 0 Å². The van der Waals surface area contributed by atoms with Gasteiger partial charge in [-0.2, -0.15) is 13.2 Å². The van der Waals surface area contributed by atoms with Gasteiger partial charge in [0.2, 0.25) is 0 Å². The number of benzene rings is 1. The van der Waals surface area contributed by atoms with Gasteiger partial charge in [0.15, 0.2) is 5.82 Å². The fraction of sp³-hybridized carbons (Fsp3) is 0.632. The predicted molar refractivity (Wildman–Crippen MR) is 97.2 cm³/mol. The van der Waals surface area contributed by atoms with Crippen LogP contribution in [0, 0.1) is 5.92 Å². The third-order valence-corrected chi connectivity index (χ3v) is 5.06. The number of hydrogen-bond acceptors (Lipinski definition) is 4. The molecule has 0 saturated heterocycles. The molecule has 1 atom stereocenters. The normalized spacial score (nSPS) is 17.7. The van der Waals surface area contributed by atoms with Crippen LogP contribution in [0.5, 0.6) is 0 Å². The van der Waals surface area contributed by atoms with Gasteiger partial charge >= 0.3 is 6.18 Å². The molecular formula is C19H26F3N5. The second-order valence-corrected chi connectivity index (χ2v) is 8.21. The van der Waals surface area contributed by atoms with Crippen LogP contribution in [-0.2, 0) is 11.7 Å². The van der Waals surface area contributed by atoms with E-state index in [1.807, 2.05) is 25.5 Å². The zero-order chi connectivity index (χ0) is 19.7. The monoisotopic (exact) mass is 381 g/mol. The number of anilines is 1. The number of rotatable bonds is 4. The third kappa shape index (κ3) is 4.59. The molecule has 1 aromatic heterocycles. The summed E-state index contributed by atoms with van der Waals surface area (Å²) in [7, 11) is 0. The van der Waals surface area contributed by atoms with Crippen molar-refractivity contribution in [3.63, 3.8) is 0 Å². The molecule has 1 aliphatic rings. The molecule has 1 aromatic carbocycles. The maximum absolute atomic E-state index is 12.8. The number of alkyl halides is 3. The smallest absolute Gasteiger partial charge is 0.375 e. The van der Waals surface area contributed by atoms with Crippen LogP contribution < -0.4 is 5.32 Å². The number of nitrogens with zero attached hydrogens (tertiary/aromatic N) is 4. The van der Waals surface area contributed by atoms with Crippen LogP contribution in [0.3, 0.4) is 0 Å². The molecule has 5 nitrogen and oxygen atoms in total. The highest BCUT2D eigenvalue weighted by Crippen LogP contribution is 2.37. The maximum Gasteiger partial charge on any atom is 0.416 e. The summed E-state index contributed by atoms with van der Waals surface area (Å²) < 4.78 is 40.3. The summed E-state index contributed by atoms with van der Waals surface area (Å²) in [5.41, 5.74) is -0.295. The average molecular weight is 381 g/mol. The number of aromatic nitrogens is 4. The average Bonchev–Trinajstić information content (AvgIpc) is 3.10. The van der Waals surface area contributed by atoms with Gasteiger partial charge in [-0.15, -0.1) is 5.10 Å². The maximum atomic E-state index is 12.8. The lowest BCUT2D eigenvalue weighted by Crippen LogP contribution is -2.32. The van der Waals surface area contributed by atoms with E-state index in [0.717, 1.165) is 43.6 Å². The highest BCUT2D eigenvalue weighted by molar-refractivity contribution is 5.46. The SMILES string of the molecule is CC(C)(C)n1nnnc1[C@H](Nc1ccc(C(F)(F)F)cc1)C1CCCCC1. The summed E-state index contributed by atoms with van der Waals surface area (Å²) in [5, 5.41) is 15.7. The Bertz CT molecular complexity index is 740. The summed E-state index contributed by atoms with van der Waals surface area (Å²) >= 11 is 0. The molecule has 27 heavy (non-hydrogen) atoms. The van der Waals surface area contributed by atoms with E-state index in [1.54, 1.807) is 0 Å². The van der Waals surface area contributed by atoms with Gasteiger partial charge in [-0.3, -0.25) is 0 Å². The summed E-state index contributed by atoms with van der Waals surface area (Å²) in [4.78, 5) is 0. The predicted octanol–water partition coefficient (Wildman–Crippen LogP) is 5.18. The van der Waals surface area contributed by atoms with Gasteiger partial charge in [0.05, 0.1) is 17.1 Å². The van der Waals surface area contributed by atoms with Crippen molar-refractivity contribution in [3.05, 3.63) is 35.7 Å². The minimum absolute atomic E-state index is 0.142. The molecule has 0 aliphatic heterocycles. The zero-order valence-corrected chi connectivity index (χ0v) is 15.9. The largest absolute Gasteiger partial charge is 0.416 e. The molecule has 3 rings (SSSR count). The van der Waals surface area contributed by atoms with Crippen molar-refractivity contribution in [2.45, 2.75) is 70.6 Å². The Morgan fingerprint density at radius 1 is 1.04 bits per heavy atom. The standard InChI is InChI=1S/C19H26F3N5/c1-18(2,3)27-17(24-25-26-27)16(13-7-5-4-6-8-13)23-15-11-9-14(10-12-15)19(20,21)22/h9-13,16,23H,4-8H2,1-3H3/t16-/m1/s1. The molecule has 1 saturated carbocycles. The van der Waals surface area contributed by atoms with Crippen molar-refractivity contribution in [2.24, 2.45) is 5.92 Å². The van der Waals surface area contributed by atoms with E-state index in [1.165, 1.54) is 18.6 Å². The van der Waals surface area contributed by atoms with Gasteiger partial charge < -0.3 is 5.32 Å². The van der Waals surface area contributed by atoms with Crippen LogP contribution in [0.4, 0.5) is 18.9 Å². The topological polar surface area (TPSA) is 55.6 Å². The minimum atomic E-state index is -4.34. The van der Waals surface area contributed by atoms with E-state index in [9.17, 15) is 13.2 Å². The molecule has 8 heteroatoms. The molecule has 1 fully saturated rings. The first-order valence-electron chi connectivity index (χ1n) is 9.39. The van der Waals surface area contributed by atoms with Crippen molar-refractivity contribution in [1.29, 1.82) is 0 Å². The van der Waals surface area contributed by atoms with Crippen molar-refractivity contribution in [1.82, 2.24) is 20.2 Å². The molecular weight excluding hydrogens is 355 g/mol. The van der Waals surface area contributed by atoms with E-state index in [0.29, 0.717) is 11.6 Å². The quantitative estimate of drug-likeness (QED) is 0.793. The summed E-state index contributed by atoms with van der Waals surface area (Å²) in [6, 6.07) is 5.02. The molecule has 1 N–H and O–H groups in total. The first-order valence-corrected chi connectivity index (χ1v) is 9.39. The molecule has 0 amide bonds. The molecule has 1 heterocycles. The van der Waals surface area contributed by atoms with Crippen molar-refractivity contribution >= 4 is 5.69 Å². The number of halogens is 3. The number of hydrogen-bond donors (Lipinski definition) is 1. The highest BCUT2D eigenvalue weighted by Gasteiger charge is 2.33. The van der Waals surface area contributed by atoms with Gasteiger partial charge in [-0.05, 0) is 74.2 Å². The Kier molecular flexibility index (Phi) is 5.44. The number of nitrogens with one attached hydrogen (secondary N) is 1. The van der Waals surface area contributed by atoms with Crippen LogP contribution in [0.25, 0.3) is 0 Å². The van der Waals surface area contributed by atoms with E-state index in [4.69, 9.17) is 0 Å². The lowest BCUT2D eigenvalue weighted by atomic mass is 9.83. The van der Waals surface area contributed by atoms with E-state index in [2.05, 4.69) is 20.8 Å². The molecule has 1 aliphatic carbocycles. The lowest BCUT2D eigenvalue weighted by Gasteiger charge is -2.32. The van der Waals surface area contributed by atoms with Gasteiger partial charge in [-0.25, -0.2) is 4.68 Å². The molecule has 148 valence electrons. The van der Waals surface area contributed by atoms with Crippen LogP contribution in [0.15, 0.2) is 24.3 Å². The summed E-state index contributed by atoms with van der Waals surface area (Å²) in [6.45, 7) is 6.09. The van der Waals surface area contributed by atoms with Crippen LogP contribution in [-0.4, -0.2) is 20.2 Å². The first kappa shape index (κ1) is 19.6. The third-order valence-electron chi connectivity index (χ3n) is 5.06. The van der Waals surface area contributed by atoms with Crippen molar-refractivity contribution in [3.8, 4) is 0 Å². The minimum Gasteiger partial charge on any atom is -0.375 e. The van der Waals surface area contributed by atoms with Crippen molar-refractivity contribution < 1.29 is 13.2 Å². The van der Waals surface area contributed by atoms with Gasteiger partial charge in [0.25, 0.3) is 0 Å². The Balaban J connectivity index is 1.90. The molecule has 0 unspecified atom stereocenters. The van der Waals surface area contributed by atoms with Gasteiger partial charge in [-0.1, -0.05) is 19.3 Å². The lowest BCUT2D eigenvalue weighted by molar-refractivity contribution is -0.137. The van der Waals surface area contributed by atoms with E-state index in [-0.39, 0.29) is 11.6 Å². The molecule has 2 aromatic rings. The van der Waals surface area contributed by atoms with E-state index >= 15 is 0 Å². The molecule has 0 spiro atoms. The Morgan fingerprint density at radius 2 is 1.67 bits per heavy atom. The fourth-order valence-corrected chi connectivity index (χ4v) is 3.66. The summed E-state index contributed by atoms with van der Waals surface area (Å²) in [5.74, 6) is 1.07. The van der Waals surface area contributed by atoms with Crippen molar-refractivity contribution in [2.75, 3.05) is 5.32 Å². The van der Waals surface area contributed by atoms with Crippen LogP contribution in [0.1, 0.15) is 70.3 Å². The van der Waals surface area contributed by atoms with Gasteiger partial charge in [0.1, 0.15) is 0 Å². The number of tetrazole rings is 1. The Hall–Kier alpha value is -2.12. The Labute approximate surface area is 157 Å². The first-order chi connectivity index (χ1) is 12.7. The molecule has 0 radical (unpaired) electrons. The highest BCUT2D eigenvalue weighted by atomic mass is 19.4. The fourth-order valence-electron chi connectivity index (χ4n) is 3.66. The Morgan fingerprint density at radius 3 is 2.22 bits per heavy atom. The van der Waals surface area contributed by atoms with Gasteiger partial charge in [0, 0.05) is 5.69 Å². The molecule has 0 bridgehead atoms. The second kappa shape index (κ2) is 7.48. The zero-order valence-electron chi connectivity index (χ0n) is 15.9. The summed E-state index contributed by atoms with van der Waals surface area (Å²) in [6.07, 6.45) is 1.27.